The van der Waals surface area contributed by atoms with Crippen LogP contribution in [0.3, 0.4) is 0 Å². The van der Waals surface area contributed by atoms with Crippen LogP contribution in [0.1, 0.15) is 43.5 Å². The Hall–Kier alpha value is -3.73. The highest BCUT2D eigenvalue weighted by Crippen LogP contribution is 2.41. The lowest BCUT2D eigenvalue weighted by Gasteiger charge is -2.30. The molecule has 1 aliphatic heterocycles. The molecule has 1 saturated heterocycles. The van der Waals surface area contributed by atoms with Crippen molar-refractivity contribution in [2.45, 2.75) is 50.3 Å². The third-order valence-corrected chi connectivity index (χ3v) is 7.67. The first kappa shape index (κ1) is 24.0. The first-order valence-corrected chi connectivity index (χ1v) is 13.4. The minimum atomic E-state index is -4.22. The van der Waals surface area contributed by atoms with Gasteiger partial charge < -0.3 is 15.4 Å². The molecule has 3 aromatic heterocycles. The lowest BCUT2D eigenvalue weighted by atomic mass is 10.1. The summed E-state index contributed by atoms with van der Waals surface area (Å²) in [6, 6.07) is 11.4. The van der Waals surface area contributed by atoms with Crippen LogP contribution in [-0.4, -0.2) is 48.0 Å². The van der Waals surface area contributed by atoms with Crippen molar-refractivity contribution in [2.75, 3.05) is 17.2 Å². The maximum absolute atomic E-state index is 13.3. The standard InChI is InChI=1S/C25H28N6O4S/c1-15(2)35-22-11-7-17(13-27-22)20-10-9-19(24(28-20)31-14-16-6-8-18(31)12-16)25(32)30-36(33,34)23-5-3-4-21(26)29-23/h3-5,7,9-11,13,15-16,18H,6,8,12,14H2,1-2H3,(H2,26,29)(H,30,32)/t16-,18?/m0/s1. The lowest BCUT2D eigenvalue weighted by Crippen LogP contribution is -2.37. The third-order valence-electron chi connectivity index (χ3n) is 6.44. The number of sulfonamides is 1. The number of aromatic nitrogens is 3. The number of pyridine rings is 3. The number of amides is 1. The van der Waals surface area contributed by atoms with Gasteiger partial charge in [0.1, 0.15) is 11.6 Å². The zero-order chi connectivity index (χ0) is 25.4. The van der Waals surface area contributed by atoms with E-state index in [9.17, 15) is 13.2 Å². The first-order chi connectivity index (χ1) is 17.2. The molecule has 11 heteroatoms. The van der Waals surface area contributed by atoms with E-state index >= 15 is 0 Å². The first-order valence-electron chi connectivity index (χ1n) is 11.9. The zero-order valence-corrected chi connectivity index (χ0v) is 20.9. The average molecular weight is 509 g/mol. The fourth-order valence-electron chi connectivity index (χ4n) is 4.84. The predicted molar refractivity (Wildman–Crippen MR) is 135 cm³/mol. The number of nitrogens with two attached hydrogens (primary N) is 1. The van der Waals surface area contributed by atoms with Crippen LogP contribution in [0.4, 0.5) is 11.6 Å². The van der Waals surface area contributed by atoms with E-state index in [4.69, 9.17) is 15.5 Å². The summed E-state index contributed by atoms with van der Waals surface area (Å²) in [5.74, 6) is 0.807. The van der Waals surface area contributed by atoms with Gasteiger partial charge in [0.2, 0.25) is 5.88 Å². The summed E-state index contributed by atoms with van der Waals surface area (Å²) >= 11 is 0. The second kappa shape index (κ2) is 9.38. The molecule has 3 N–H and O–H groups in total. The van der Waals surface area contributed by atoms with E-state index in [0.717, 1.165) is 31.4 Å². The van der Waals surface area contributed by atoms with E-state index in [1.807, 2.05) is 19.9 Å². The van der Waals surface area contributed by atoms with Crippen molar-refractivity contribution >= 4 is 27.6 Å². The number of hydrogen-bond acceptors (Lipinski definition) is 9. The van der Waals surface area contributed by atoms with E-state index in [1.54, 1.807) is 24.4 Å². The highest BCUT2D eigenvalue weighted by atomic mass is 32.2. The molecule has 5 rings (SSSR count). The van der Waals surface area contributed by atoms with Gasteiger partial charge in [0.15, 0.2) is 5.03 Å². The summed E-state index contributed by atoms with van der Waals surface area (Å²) in [6.45, 7) is 4.64. The van der Waals surface area contributed by atoms with Crippen LogP contribution in [0.15, 0.2) is 53.7 Å². The maximum Gasteiger partial charge on any atom is 0.281 e. The van der Waals surface area contributed by atoms with Gasteiger partial charge in [0.25, 0.3) is 15.9 Å². The number of rotatable bonds is 7. The smallest absolute Gasteiger partial charge is 0.281 e. The van der Waals surface area contributed by atoms with Gasteiger partial charge in [0.05, 0.1) is 17.4 Å². The number of nitrogen functional groups attached to an aromatic ring is 1. The Bertz CT molecular complexity index is 1390. The van der Waals surface area contributed by atoms with Crippen molar-refractivity contribution < 1.29 is 17.9 Å². The van der Waals surface area contributed by atoms with Crippen LogP contribution in [-0.2, 0) is 10.0 Å². The SMILES string of the molecule is CC(C)Oc1ccc(-c2ccc(C(=O)NS(=O)(=O)c3cccc(N)n3)c(N3C[C@H]4CCC3C4)n2)cn1. The van der Waals surface area contributed by atoms with Crippen LogP contribution in [0.5, 0.6) is 5.88 Å². The Balaban J connectivity index is 1.48. The number of piperidine rings is 1. The second-order valence-electron chi connectivity index (χ2n) is 9.44. The van der Waals surface area contributed by atoms with E-state index in [1.165, 1.54) is 18.2 Å². The molecule has 2 bridgehead atoms. The predicted octanol–water partition coefficient (Wildman–Crippen LogP) is 3.02. The molecule has 1 amide bonds. The van der Waals surface area contributed by atoms with Crippen LogP contribution in [0, 0.1) is 5.92 Å². The number of ether oxygens (including phenoxy) is 1. The minimum absolute atomic E-state index is 0.00951. The fourth-order valence-corrected chi connectivity index (χ4v) is 5.78. The fraction of sp³-hybridized carbons (Fsp3) is 0.360. The number of carbonyl (C=O) groups excluding carboxylic acids is 1. The van der Waals surface area contributed by atoms with Gasteiger partial charge in [-0.2, -0.15) is 8.42 Å². The quantitative estimate of drug-likeness (QED) is 0.493. The molecule has 0 spiro atoms. The van der Waals surface area contributed by atoms with Gasteiger partial charge in [-0.25, -0.2) is 19.7 Å². The van der Waals surface area contributed by atoms with Crippen molar-refractivity contribution in [3.8, 4) is 17.1 Å². The van der Waals surface area contributed by atoms with Crippen molar-refractivity contribution in [3.63, 3.8) is 0 Å². The molecule has 3 aromatic rings. The third kappa shape index (κ3) is 4.83. The van der Waals surface area contributed by atoms with Gasteiger partial charge in [-0.1, -0.05) is 6.07 Å². The Morgan fingerprint density at radius 3 is 2.61 bits per heavy atom. The minimum Gasteiger partial charge on any atom is -0.475 e. The average Bonchev–Trinajstić information content (AvgIpc) is 3.47. The van der Waals surface area contributed by atoms with E-state index < -0.39 is 15.9 Å². The molecule has 36 heavy (non-hydrogen) atoms. The van der Waals surface area contributed by atoms with Gasteiger partial charge in [-0.3, -0.25) is 4.79 Å². The Morgan fingerprint density at radius 1 is 1.14 bits per heavy atom. The molecule has 188 valence electrons. The van der Waals surface area contributed by atoms with Crippen LogP contribution in [0.2, 0.25) is 0 Å². The molecule has 10 nitrogen and oxygen atoms in total. The maximum atomic E-state index is 13.3. The van der Waals surface area contributed by atoms with Crippen molar-refractivity contribution in [2.24, 2.45) is 5.92 Å². The monoisotopic (exact) mass is 508 g/mol. The number of nitrogens with zero attached hydrogens (tertiary/aromatic N) is 4. The zero-order valence-electron chi connectivity index (χ0n) is 20.1. The molecular weight excluding hydrogens is 480 g/mol. The number of fused-ring (bicyclic) bond motifs is 2. The van der Waals surface area contributed by atoms with E-state index in [2.05, 4.69) is 19.6 Å². The van der Waals surface area contributed by atoms with E-state index in [-0.39, 0.29) is 28.6 Å². The number of anilines is 2. The Kier molecular flexibility index (Phi) is 6.25. The molecule has 0 aromatic carbocycles. The van der Waals surface area contributed by atoms with Crippen molar-refractivity contribution in [1.82, 2.24) is 19.7 Å². The Morgan fingerprint density at radius 2 is 1.97 bits per heavy atom. The van der Waals surface area contributed by atoms with Crippen molar-refractivity contribution in [3.05, 3.63) is 54.2 Å². The summed E-state index contributed by atoms with van der Waals surface area (Å²) in [4.78, 5) is 28.4. The number of carbonyl (C=O) groups is 1. The van der Waals surface area contributed by atoms with Gasteiger partial charge >= 0.3 is 0 Å². The van der Waals surface area contributed by atoms with E-state index in [0.29, 0.717) is 23.3 Å². The number of hydrogen-bond donors (Lipinski definition) is 2. The molecule has 2 aliphatic rings. The lowest BCUT2D eigenvalue weighted by molar-refractivity contribution is 0.0981. The molecule has 4 heterocycles. The molecule has 1 saturated carbocycles. The van der Waals surface area contributed by atoms with Crippen molar-refractivity contribution in [1.29, 1.82) is 0 Å². The summed E-state index contributed by atoms with van der Waals surface area (Å²) < 4.78 is 33.4. The summed E-state index contributed by atoms with van der Waals surface area (Å²) in [7, 11) is -4.22. The Labute approximate surface area is 210 Å². The molecular formula is C25H28N6O4S. The molecule has 1 aliphatic carbocycles. The van der Waals surface area contributed by atoms with Crippen LogP contribution in [0.25, 0.3) is 11.3 Å². The normalized spacial score (nSPS) is 19.0. The summed E-state index contributed by atoms with van der Waals surface area (Å²) in [5, 5.41) is -0.322. The molecule has 1 unspecified atom stereocenters. The molecule has 2 atom stereocenters. The largest absolute Gasteiger partial charge is 0.475 e. The second-order valence-corrected chi connectivity index (χ2v) is 11.1. The highest BCUT2D eigenvalue weighted by molar-refractivity contribution is 7.90. The van der Waals surface area contributed by atoms with Gasteiger partial charge in [-0.15, -0.1) is 0 Å². The topological polar surface area (TPSA) is 140 Å². The van der Waals surface area contributed by atoms with Crippen LogP contribution < -0.4 is 20.1 Å². The highest BCUT2D eigenvalue weighted by Gasteiger charge is 2.40. The molecule has 0 radical (unpaired) electrons. The summed E-state index contributed by atoms with van der Waals surface area (Å²) in [5.41, 5.74) is 7.21. The van der Waals surface area contributed by atoms with Gasteiger partial charge in [-0.05, 0) is 69.4 Å². The van der Waals surface area contributed by atoms with Crippen LogP contribution >= 0.6 is 0 Å². The molecule has 2 fully saturated rings. The number of nitrogens with one attached hydrogen (secondary N) is 1. The summed E-state index contributed by atoms with van der Waals surface area (Å²) in [6.07, 6.45) is 4.90. The van der Waals surface area contributed by atoms with Gasteiger partial charge in [0, 0.05) is 30.4 Å².